The van der Waals surface area contributed by atoms with Gasteiger partial charge in [0.05, 0.1) is 6.10 Å². The van der Waals surface area contributed by atoms with E-state index in [9.17, 15) is 5.11 Å². The zero-order valence-corrected chi connectivity index (χ0v) is 26.8. The van der Waals surface area contributed by atoms with Gasteiger partial charge >= 0.3 is 0 Å². The molecule has 1 N–H and O–H groups in total. The largest absolute Gasteiger partial charge is 0.393 e. The quantitative estimate of drug-likeness (QED) is 0.0655. The Bertz CT molecular complexity index is 428. The number of aliphatic hydroxyl groups is 1. The van der Waals surface area contributed by atoms with Crippen LogP contribution in [-0.2, 0) is 0 Å². The van der Waals surface area contributed by atoms with Crippen LogP contribution >= 0.6 is 0 Å². The lowest BCUT2D eigenvalue weighted by atomic mass is 10.0. The Hall–Kier alpha value is -0.300. The van der Waals surface area contributed by atoms with Crippen molar-refractivity contribution in [2.75, 3.05) is 0 Å². The van der Waals surface area contributed by atoms with Crippen LogP contribution < -0.4 is 0 Å². The lowest BCUT2D eigenvalue weighted by Crippen LogP contribution is -2.05. The number of rotatable bonds is 33. The van der Waals surface area contributed by atoms with Gasteiger partial charge in [0.2, 0.25) is 0 Å². The molecule has 0 rings (SSSR count). The van der Waals surface area contributed by atoms with E-state index < -0.39 is 0 Å². The highest BCUT2D eigenvalue weighted by molar-refractivity contribution is 4.81. The van der Waals surface area contributed by atoms with Crippen molar-refractivity contribution in [2.24, 2.45) is 0 Å². The number of unbranched alkanes of at least 4 members (excludes halogenated alkanes) is 27. The number of aliphatic hydroxyl groups excluding tert-OH is 1. The second kappa shape index (κ2) is 34.7. The van der Waals surface area contributed by atoms with Gasteiger partial charge in [-0.3, -0.25) is 0 Å². The van der Waals surface area contributed by atoms with E-state index >= 15 is 0 Å². The average molecular weight is 535 g/mol. The molecular weight excluding hydrogens is 460 g/mol. The Morgan fingerprint density at radius 3 is 0.868 bits per heavy atom. The molecule has 0 aromatic heterocycles. The molecule has 0 bridgehead atoms. The maximum absolute atomic E-state index is 10.2. The highest BCUT2D eigenvalue weighted by atomic mass is 16.3. The van der Waals surface area contributed by atoms with E-state index in [0.717, 1.165) is 12.8 Å². The third-order valence-corrected chi connectivity index (χ3v) is 8.44. The topological polar surface area (TPSA) is 20.2 Å². The molecule has 0 heterocycles. The molecular formula is C37H74O. The summed E-state index contributed by atoms with van der Waals surface area (Å²) in [5.74, 6) is 0. The molecule has 0 saturated heterocycles. The Morgan fingerprint density at radius 1 is 0.342 bits per heavy atom. The smallest absolute Gasteiger partial charge is 0.0540 e. The van der Waals surface area contributed by atoms with Crippen LogP contribution in [0.5, 0.6) is 0 Å². The van der Waals surface area contributed by atoms with Crippen molar-refractivity contribution >= 4 is 0 Å². The van der Waals surface area contributed by atoms with Gasteiger partial charge in [-0.15, -0.1) is 0 Å². The first-order valence-corrected chi connectivity index (χ1v) is 18.1. The van der Waals surface area contributed by atoms with Crippen molar-refractivity contribution in [2.45, 2.75) is 225 Å². The number of allylic oxidation sites excluding steroid dienone is 2. The highest BCUT2D eigenvalue weighted by Crippen LogP contribution is 2.16. The van der Waals surface area contributed by atoms with Crippen molar-refractivity contribution in [3.8, 4) is 0 Å². The molecule has 1 nitrogen and oxygen atoms in total. The maximum atomic E-state index is 10.2. The van der Waals surface area contributed by atoms with Crippen LogP contribution in [0.15, 0.2) is 12.2 Å². The van der Waals surface area contributed by atoms with Gasteiger partial charge in [-0.25, -0.2) is 0 Å². The Labute approximate surface area is 242 Å². The second-order valence-corrected chi connectivity index (χ2v) is 12.5. The van der Waals surface area contributed by atoms with E-state index in [4.69, 9.17) is 0 Å². The fourth-order valence-corrected chi connectivity index (χ4v) is 5.70. The zero-order chi connectivity index (χ0) is 27.6. The highest BCUT2D eigenvalue weighted by Gasteiger charge is 2.03. The van der Waals surface area contributed by atoms with Gasteiger partial charge in [-0.1, -0.05) is 193 Å². The van der Waals surface area contributed by atoms with Crippen molar-refractivity contribution in [1.29, 1.82) is 0 Å². The second-order valence-electron chi connectivity index (χ2n) is 12.5. The minimum absolute atomic E-state index is 0.0381. The number of hydrogen-bond acceptors (Lipinski definition) is 1. The molecule has 0 radical (unpaired) electrons. The Morgan fingerprint density at radius 2 is 0.579 bits per heavy atom. The van der Waals surface area contributed by atoms with Gasteiger partial charge in [0.15, 0.2) is 0 Å². The normalized spacial score (nSPS) is 12.6. The zero-order valence-electron chi connectivity index (χ0n) is 26.8. The molecule has 1 heteroatoms. The minimum atomic E-state index is -0.0381. The summed E-state index contributed by atoms with van der Waals surface area (Å²) >= 11 is 0. The van der Waals surface area contributed by atoms with Crippen LogP contribution in [0.25, 0.3) is 0 Å². The fraction of sp³-hybridized carbons (Fsp3) is 0.946. The van der Waals surface area contributed by atoms with Crippen molar-refractivity contribution in [1.82, 2.24) is 0 Å². The molecule has 0 saturated carbocycles. The molecule has 0 aliphatic heterocycles. The maximum Gasteiger partial charge on any atom is 0.0540 e. The van der Waals surface area contributed by atoms with Crippen LogP contribution in [0.1, 0.15) is 219 Å². The summed E-state index contributed by atoms with van der Waals surface area (Å²) < 4.78 is 0. The Kier molecular flexibility index (Phi) is 34.5. The van der Waals surface area contributed by atoms with Crippen LogP contribution in [0, 0.1) is 0 Å². The molecule has 0 aromatic rings. The summed E-state index contributed by atoms with van der Waals surface area (Å²) in [7, 11) is 0. The molecule has 228 valence electrons. The standard InChI is InChI=1S/C37H74O/c1-3-5-7-9-11-13-14-15-16-17-18-19-20-21-22-23-24-25-26-27-28-30-32-34-36-37(38)35-33-31-29-12-10-8-6-4-2/h20-21,37-38H,3-19,22-36H2,1-2H3. The molecule has 0 aliphatic rings. The van der Waals surface area contributed by atoms with Gasteiger partial charge in [0.1, 0.15) is 0 Å². The van der Waals surface area contributed by atoms with Crippen LogP contribution in [0.3, 0.4) is 0 Å². The van der Waals surface area contributed by atoms with E-state index in [-0.39, 0.29) is 6.10 Å². The predicted octanol–water partition coefficient (Wildman–Crippen LogP) is 13.4. The molecule has 1 unspecified atom stereocenters. The van der Waals surface area contributed by atoms with Crippen molar-refractivity contribution in [3.05, 3.63) is 12.2 Å². The fourth-order valence-electron chi connectivity index (χ4n) is 5.70. The van der Waals surface area contributed by atoms with Crippen molar-refractivity contribution < 1.29 is 5.11 Å². The minimum Gasteiger partial charge on any atom is -0.393 e. The van der Waals surface area contributed by atoms with Crippen molar-refractivity contribution in [3.63, 3.8) is 0 Å². The molecule has 1 atom stereocenters. The lowest BCUT2D eigenvalue weighted by Gasteiger charge is -2.10. The van der Waals surface area contributed by atoms with E-state index in [2.05, 4.69) is 26.0 Å². The average Bonchev–Trinajstić information content (AvgIpc) is 2.92. The van der Waals surface area contributed by atoms with Gasteiger partial charge in [0.25, 0.3) is 0 Å². The third-order valence-electron chi connectivity index (χ3n) is 8.44. The summed E-state index contributed by atoms with van der Waals surface area (Å²) in [6, 6.07) is 0. The van der Waals surface area contributed by atoms with Crippen LogP contribution in [-0.4, -0.2) is 11.2 Å². The lowest BCUT2D eigenvalue weighted by molar-refractivity contribution is 0.147. The van der Waals surface area contributed by atoms with Gasteiger partial charge in [-0.2, -0.15) is 0 Å². The first-order chi connectivity index (χ1) is 18.8. The van der Waals surface area contributed by atoms with Crippen LogP contribution in [0.2, 0.25) is 0 Å². The first kappa shape index (κ1) is 37.7. The van der Waals surface area contributed by atoms with E-state index in [1.54, 1.807) is 0 Å². The van der Waals surface area contributed by atoms with Gasteiger partial charge < -0.3 is 5.11 Å². The summed E-state index contributed by atoms with van der Waals surface area (Å²) in [6.07, 6.45) is 48.6. The number of hydrogen-bond donors (Lipinski definition) is 1. The molecule has 38 heavy (non-hydrogen) atoms. The monoisotopic (exact) mass is 535 g/mol. The van der Waals surface area contributed by atoms with Crippen LogP contribution in [0.4, 0.5) is 0 Å². The summed E-state index contributed by atoms with van der Waals surface area (Å²) in [5, 5.41) is 10.2. The van der Waals surface area contributed by atoms with Gasteiger partial charge in [0, 0.05) is 0 Å². The van der Waals surface area contributed by atoms with E-state index in [1.165, 1.54) is 193 Å². The SMILES string of the molecule is CCCCCCCCCCCCCC=CCCCCCCCCCCCC(O)CCCCCCCCCC. The summed E-state index contributed by atoms with van der Waals surface area (Å²) in [4.78, 5) is 0. The van der Waals surface area contributed by atoms with Gasteiger partial charge in [-0.05, 0) is 38.5 Å². The summed E-state index contributed by atoms with van der Waals surface area (Å²) in [5.41, 5.74) is 0. The Balaban J connectivity index is 3.16. The first-order valence-electron chi connectivity index (χ1n) is 18.1. The third kappa shape index (κ3) is 33.7. The molecule has 0 fully saturated rings. The van der Waals surface area contributed by atoms with E-state index in [0.29, 0.717) is 0 Å². The molecule has 0 aromatic carbocycles. The molecule has 0 amide bonds. The predicted molar refractivity (Wildman–Crippen MR) is 174 cm³/mol. The van der Waals surface area contributed by atoms with E-state index in [1.807, 2.05) is 0 Å². The molecule has 0 spiro atoms. The summed E-state index contributed by atoms with van der Waals surface area (Å²) in [6.45, 7) is 4.58. The molecule has 0 aliphatic carbocycles.